The van der Waals surface area contributed by atoms with E-state index in [4.69, 9.17) is 0 Å². The molecule has 0 spiro atoms. The quantitative estimate of drug-likeness (QED) is 0.880. The first-order valence-corrected chi connectivity index (χ1v) is 8.75. The molecule has 1 atom stereocenters. The zero-order chi connectivity index (χ0) is 15.7. The van der Waals surface area contributed by atoms with Crippen LogP contribution in [0.5, 0.6) is 0 Å². The molecule has 1 fully saturated rings. The van der Waals surface area contributed by atoms with Crippen LogP contribution in [0.2, 0.25) is 0 Å². The summed E-state index contributed by atoms with van der Waals surface area (Å²) in [5, 5.41) is 3.86. The van der Waals surface area contributed by atoms with Gasteiger partial charge in [-0.05, 0) is 49.5 Å². The van der Waals surface area contributed by atoms with E-state index in [9.17, 15) is 13.2 Å². The molecule has 0 aliphatic carbocycles. The molecule has 2 aromatic rings. The van der Waals surface area contributed by atoms with Crippen molar-refractivity contribution in [2.75, 3.05) is 20.1 Å². The van der Waals surface area contributed by atoms with Crippen LogP contribution in [0.25, 0.3) is 10.9 Å². The van der Waals surface area contributed by atoms with Crippen LogP contribution in [0.15, 0.2) is 40.0 Å². The van der Waals surface area contributed by atoms with Gasteiger partial charge in [-0.25, -0.2) is 8.42 Å². The standard InChI is InChI=1S/C15H19N3O3S/c1-16-12-3-2-8-18(10-12)22(20,21)13-5-6-14-11(9-13)4-7-15(19)17-14/h4-7,9,12,16H,2-3,8,10H2,1H3,(H,17,19). The summed E-state index contributed by atoms with van der Waals surface area (Å²) < 4.78 is 27.1. The minimum Gasteiger partial charge on any atom is -0.322 e. The molecule has 2 heterocycles. The van der Waals surface area contributed by atoms with Crippen LogP contribution in [0.1, 0.15) is 12.8 Å². The average Bonchev–Trinajstić information content (AvgIpc) is 2.54. The van der Waals surface area contributed by atoms with Crippen LogP contribution in [0.4, 0.5) is 0 Å². The Morgan fingerprint density at radius 2 is 2.09 bits per heavy atom. The van der Waals surface area contributed by atoms with Gasteiger partial charge in [-0.3, -0.25) is 4.79 Å². The number of aromatic amines is 1. The second-order valence-corrected chi connectivity index (χ2v) is 7.50. The molecule has 1 aromatic heterocycles. The van der Waals surface area contributed by atoms with Gasteiger partial charge >= 0.3 is 0 Å². The Kier molecular flexibility index (Phi) is 4.03. The van der Waals surface area contributed by atoms with Crippen molar-refractivity contribution in [3.05, 3.63) is 40.7 Å². The second-order valence-electron chi connectivity index (χ2n) is 5.56. The average molecular weight is 321 g/mol. The summed E-state index contributed by atoms with van der Waals surface area (Å²) in [6.45, 7) is 1.03. The van der Waals surface area contributed by atoms with Gasteiger partial charge in [-0.2, -0.15) is 4.31 Å². The predicted molar refractivity (Wildman–Crippen MR) is 85.4 cm³/mol. The van der Waals surface area contributed by atoms with Crippen molar-refractivity contribution in [3.63, 3.8) is 0 Å². The molecule has 1 aliphatic heterocycles. The molecule has 1 aliphatic rings. The minimum absolute atomic E-state index is 0.195. The number of sulfonamides is 1. The lowest BCUT2D eigenvalue weighted by molar-refractivity contribution is 0.293. The molecule has 0 saturated carbocycles. The van der Waals surface area contributed by atoms with Gasteiger partial charge in [-0.15, -0.1) is 0 Å². The largest absolute Gasteiger partial charge is 0.322 e. The third-order valence-electron chi connectivity index (χ3n) is 4.13. The van der Waals surface area contributed by atoms with Crippen molar-refractivity contribution in [2.24, 2.45) is 0 Å². The Morgan fingerprint density at radius 3 is 2.86 bits per heavy atom. The van der Waals surface area contributed by atoms with E-state index in [-0.39, 0.29) is 16.5 Å². The summed E-state index contributed by atoms with van der Waals surface area (Å²) in [6, 6.07) is 8.04. The number of likely N-dealkylation sites (N-methyl/N-ethyl adjacent to an activating group) is 1. The second kappa shape index (κ2) is 5.83. The molecule has 7 heteroatoms. The number of hydrogen-bond donors (Lipinski definition) is 2. The maximum atomic E-state index is 12.8. The van der Waals surface area contributed by atoms with E-state index in [0.717, 1.165) is 12.8 Å². The summed E-state index contributed by atoms with van der Waals surface area (Å²) in [7, 11) is -1.65. The van der Waals surface area contributed by atoms with Gasteiger partial charge < -0.3 is 10.3 Å². The first-order valence-electron chi connectivity index (χ1n) is 7.31. The molecule has 0 radical (unpaired) electrons. The normalized spacial score (nSPS) is 20.3. The molecule has 118 valence electrons. The van der Waals surface area contributed by atoms with Gasteiger partial charge in [0, 0.05) is 30.7 Å². The Labute approximate surface area is 129 Å². The summed E-state index contributed by atoms with van der Waals surface area (Å²) in [4.78, 5) is 14.3. The predicted octanol–water partition coefficient (Wildman–Crippen LogP) is 0.901. The molecular formula is C15H19N3O3S. The van der Waals surface area contributed by atoms with Crippen LogP contribution in [0.3, 0.4) is 0 Å². The number of piperidine rings is 1. The van der Waals surface area contributed by atoms with E-state index < -0.39 is 10.0 Å². The molecule has 1 saturated heterocycles. The van der Waals surface area contributed by atoms with Gasteiger partial charge in [0.1, 0.15) is 0 Å². The van der Waals surface area contributed by atoms with Crippen molar-refractivity contribution < 1.29 is 8.42 Å². The molecule has 22 heavy (non-hydrogen) atoms. The summed E-state index contributed by atoms with van der Waals surface area (Å²) in [5.41, 5.74) is 0.439. The fourth-order valence-corrected chi connectivity index (χ4v) is 4.40. The lowest BCUT2D eigenvalue weighted by Gasteiger charge is -2.31. The highest BCUT2D eigenvalue weighted by Gasteiger charge is 2.29. The Balaban J connectivity index is 1.98. The van der Waals surface area contributed by atoms with Crippen molar-refractivity contribution in [3.8, 4) is 0 Å². The van der Waals surface area contributed by atoms with E-state index in [1.807, 2.05) is 7.05 Å². The molecule has 1 aromatic carbocycles. The van der Waals surface area contributed by atoms with Crippen molar-refractivity contribution in [1.29, 1.82) is 0 Å². The van der Waals surface area contributed by atoms with Crippen LogP contribution in [0, 0.1) is 0 Å². The fourth-order valence-electron chi connectivity index (χ4n) is 2.84. The number of pyridine rings is 1. The van der Waals surface area contributed by atoms with Gasteiger partial charge in [0.15, 0.2) is 0 Å². The Hall–Kier alpha value is -1.70. The smallest absolute Gasteiger partial charge is 0.248 e. The fraction of sp³-hybridized carbons (Fsp3) is 0.400. The van der Waals surface area contributed by atoms with E-state index in [2.05, 4.69) is 10.3 Å². The topological polar surface area (TPSA) is 82.3 Å². The molecule has 1 unspecified atom stereocenters. The number of hydrogen-bond acceptors (Lipinski definition) is 4. The number of fused-ring (bicyclic) bond motifs is 1. The van der Waals surface area contributed by atoms with Gasteiger partial charge in [0.25, 0.3) is 0 Å². The maximum absolute atomic E-state index is 12.8. The molecule has 2 N–H and O–H groups in total. The molecule has 0 amide bonds. The summed E-state index contributed by atoms with van der Waals surface area (Å²) in [6.07, 6.45) is 1.84. The minimum atomic E-state index is -3.51. The van der Waals surface area contributed by atoms with Crippen LogP contribution < -0.4 is 10.9 Å². The monoisotopic (exact) mass is 321 g/mol. The van der Waals surface area contributed by atoms with Gasteiger partial charge in [0.05, 0.1) is 4.90 Å². The van der Waals surface area contributed by atoms with Crippen molar-refractivity contribution >= 4 is 20.9 Å². The zero-order valence-corrected chi connectivity index (χ0v) is 13.2. The van der Waals surface area contributed by atoms with Gasteiger partial charge in [0.2, 0.25) is 15.6 Å². The third kappa shape index (κ3) is 2.79. The van der Waals surface area contributed by atoms with E-state index in [1.54, 1.807) is 24.3 Å². The van der Waals surface area contributed by atoms with Crippen LogP contribution >= 0.6 is 0 Å². The van der Waals surface area contributed by atoms with E-state index in [1.165, 1.54) is 10.4 Å². The van der Waals surface area contributed by atoms with Crippen LogP contribution in [-0.2, 0) is 10.0 Å². The van der Waals surface area contributed by atoms with E-state index in [0.29, 0.717) is 24.0 Å². The first kappa shape index (κ1) is 15.2. The Morgan fingerprint density at radius 1 is 1.27 bits per heavy atom. The SMILES string of the molecule is CNC1CCCN(S(=O)(=O)c2ccc3[nH]c(=O)ccc3c2)C1. The highest BCUT2D eigenvalue weighted by Crippen LogP contribution is 2.23. The van der Waals surface area contributed by atoms with Gasteiger partial charge in [-0.1, -0.05) is 0 Å². The van der Waals surface area contributed by atoms with Crippen molar-refractivity contribution in [1.82, 2.24) is 14.6 Å². The summed E-state index contributed by atoms with van der Waals surface area (Å²) in [5.74, 6) is 0. The number of benzene rings is 1. The molecule has 0 bridgehead atoms. The third-order valence-corrected chi connectivity index (χ3v) is 5.99. The zero-order valence-electron chi connectivity index (χ0n) is 12.4. The van der Waals surface area contributed by atoms with Crippen molar-refractivity contribution in [2.45, 2.75) is 23.8 Å². The molecule has 6 nitrogen and oxygen atoms in total. The van der Waals surface area contributed by atoms with E-state index >= 15 is 0 Å². The Bertz CT molecular complexity index is 844. The molecule has 3 rings (SSSR count). The summed E-state index contributed by atoms with van der Waals surface area (Å²) >= 11 is 0. The lowest BCUT2D eigenvalue weighted by Crippen LogP contribution is -2.46. The number of nitrogens with one attached hydrogen (secondary N) is 2. The highest BCUT2D eigenvalue weighted by molar-refractivity contribution is 7.89. The number of nitrogens with zero attached hydrogens (tertiary/aromatic N) is 1. The number of H-pyrrole nitrogens is 1. The maximum Gasteiger partial charge on any atom is 0.248 e. The lowest BCUT2D eigenvalue weighted by atomic mass is 10.1. The van der Waals surface area contributed by atoms with Crippen LogP contribution in [-0.4, -0.2) is 43.9 Å². The molecular weight excluding hydrogens is 302 g/mol. The number of aromatic nitrogens is 1. The first-order chi connectivity index (χ1) is 10.5. The highest BCUT2D eigenvalue weighted by atomic mass is 32.2. The number of rotatable bonds is 3.